The molecule has 9 nitrogen and oxygen atoms in total. The number of pyridine rings is 1. The summed E-state index contributed by atoms with van der Waals surface area (Å²) in [5, 5.41) is 14.0. The molecule has 3 aromatic rings. The molecule has 0 unspecified atom stereocenters. The van der Waals surface area contributed by atoms with Gasteiger partial charge in [-0.25, -0.2) is 9.78 Å². The Hall–Kier alpha value is -3.14. The van der Waals surface area contributed by atoms with Gasteiger partial charge in [-0.15, -0.1) is 0 Å². The number of hydrogen-bond donors (Lipinski definition) is 3. The molecule has 2 fully saturated rings. The lowest BCUT2D eigenvalue weighted by Gasteiger charge is -2.41. The lowest BCUT2D eigenvalue weighted by atomic mass is 9.95. The van der Waals surface area contributed by atoms with Crippen molar-refractivity contribution >= 4 is 17.0 Å². The van der Waals surface area contributed by atoms with E-state index in [0.717, 1.165) is 74.0 Å². The Kier molecular flexibility index (Phi) is 8.16. The molecule has 204 valence electrons. The van der Waals surface area contributed by atoms with Gasteiger partial charge in [0.25, 0.3) is 0 Å². The zero-order valence-electron chi connectivity index (χ0n) is 22.5. The van der Waals surface area contributed by atoms with E-state index in [1.165, 1.54) is 0 Å². The quantitative estimate of drug-likeness (QED) is 0.434. The molecule has 0 aliphatic carbocycles. The summed E-state index contributed by atoms with van der Waals surface area (Å²) in [7, 11) is 1.59. The third-order valence-corrected chi connectivity index (χ3v) is 8.05. The second-order valence-corrected chi connectivity index (χ2v) is 10.8. The Balaban J connectivity index is 1.12. The fraction of sp³-hybridized carbons (Fsp3) is 0.517. The number of carbonyl (C=O) groups excluding carboxylic acids is 1. The average molecular weight is 522 g/mol. The number of amides is 1. The van der Waals surface area contributed by atoms with Crippen molar-refractivity contribution in [2.24, 2.45) is 5.92 Å². The Morgan fingerprint density at radius 1 is 1.21 bits per heavy atom. The highest BCUT2D eigenvalue weighted by Crippen LogP contribution is 2.31. The van der Waals surface area contributed by atoms with Crippen LogP contribution in [0.5, 0.6) is 11.8 Å². The molecule has 0 spiro atoms. The van der Waals surface area contributed by atoms with Crippen LogP contribution < -0.4 is 14.8 Å². The number of nitrogens with zero attached hydrogens (tertiary/aromatic N) is 3. The maximum atomic E-state index is 12.7. The lowest BCUT2D eigenvalue weighted by molar-refractivity contribution is 0.0116. The second-order valence-electron chi connectivity index (χ2n) is 10.8. The standard InChI is InChI=1S/C29H39N5O4/c1-19-17-34(14-11-26(19)35)20(2)18-33-12-9-22(10-13-33)31-29(36)38-28-15-24-23(5-4-6-25(24)32-28)21-7-8-27(37-3)30-16-21/h4-8,15-16,19-20,22,26,32,35H,9-14,17-18H2,1-3H3,(H,31,36)/t19-,20-,26-/m0/s1. The largest absolute Gasteiger partial charge is 0.481 e. The SMILES string of the molecule is COc1ccc(-c2cccc3[nH]c(OC(=O)NC4CCN(C[C@H](C)N5CC[C@H](O)[C@@H](C)C5)CC4)cc23)cn1. The van der Waals surface area contributed by atoms with E-state index in [1.807, 2.05) is 36.4 Å². The summed E-state index contributed by atoms with van der Waals surface area (Å²) in [4.78, 5) is 25.2. The summed E-state index contributed by atoms with van der Waals surface area (Å²) < 4.78 is 10.8. The monoisotopic (exact) mass is 521 g/mol. The summed E-state index contributed by atoms with van der Waals surface area (Å²) in [6.45, 7) is 9.25. The normalized spacial score (nSPS) is 22.3. The fourth-order valence-electron chi connectivity index (χ4n) is 5.71. The molecule has 3 atom stereocenters. The van der Waals surface area contributed by atoms with Crippen molar-refractivity contribution in [2.75, 3.05) is 39.8 Å². The number of H-pyrrole nitrogens is 1. The number of aliphatic hydroxyl groups is 1. The summed E-state index contributed by atoms with van der Waals surface area (Å²) in [5.41, 5.74) is 2.85. The van der Waals surface area contributed by atoms with Crippen LogP contribution >= 0.6 is 0 Å². The van der Waals surface area contributed by atoms with Gasteiger partial charge >= 0.3 is 6.09 Å². The predicted molar refractivity (Wildman–Crippen MR) is 148 cm³/mol. The molecule has 4 heterocycles. The zero-order valence-corrected chi connectivity index (χ0v) is 22.5. The molecule has 2 saturated heterocycles. The molecule has 0 bridgehead atoms. The van der Waals surface area contributed by atoms with Gasteiger partial charge in [0.2, 0.25) is 11.8 Å². The maximum Gasteiger partial charge on any atom is 0.414 e. The predicted octanol–water partition coefficient (Wildman–Crippen LogP) is 3.88. The van der Waals surface area contributed by atoms with Gasteiger partial charge < -0.3 is 29.8 Å². The number of likely N-dealkylation sites (tertiary alicyclic amines) is 2. The van der Waals surface area contributed by atoms with Gasteiger partial charge in [0, 0.05) is 79.6 Å². The number of carbonyl (C=O) groups is 1. The number of piperidine rings is 2. The summed E-state index contributed by atoms with van der Waals surface area (Å²) in [5.74, 6) is 1.31. The number of aliphatic hydroxyl groups excluding tert-OH is 1. The minimum Gasteiger partial charge on any atom is -0.481 e. The number of aromatic nitrogens is 2. The van der Waals surface area contributed by atoms with Crippen LogP contribution in [0.3, 0.4) is 0 Å². The van der Waals surface area contributed by atoms with Crippen LogP contribution in [-0.2, 0) is 0 Å². The van der Waals surface area contributed by atoms with Crippen LogP contribution in [0.4, 0.5) is 4.79 Å². The molecule has 38 heavy (non-hydrogen) atoms. The molecular weight excluding hydrogens is 482 g/mol. The summed E-state index contributed by atoms with van der Waals surface area (Å²) >= 11 is 0. The maximum absolute atomic E-state index is 12.7. The van der Waals surface area contributed by atoms with Crippen molar-refractivity contribution in [3.8, 4) is 22.9 Å². The fourth-order valence-corrected chi connectivity index (χ4v) is 5.71. The Morgan fingerprint density at radius 3 is 2.74 bits per heavy atom. The van der Waals surface area contributed by atoms with E-state index >= 15 is 0 Å². The minimum absolute atomic E-state index is 0.101. The number of fused-ring (bicyclic) bond motifs is 1. The third kappa shape index (κ3) is 6.11. The zero-order chi connectivity index (χ0) is 26.6. The van der Waals surface area contributed by atoms with Crippen LogP contribution in [0.2, 0.25) is 0 Å². The minimum atomic E-state index is -0.433. The highest BCUT2D eigenvalue weighted by molar-refractivity contribution is 5.96. The van der Waals surface area contributed by atoms with E-state index in [9.17, 15) is 9.90 Å². The first kappa shape index (κ1) is 26.5. The van der Waals surface area contributed by atoms with Gasteiger partial charge in [0.1, 0.15) is 0 Å². The molecule has 2 aromatic heterocycles. The topological polar surface area (TPSA) is 103 Å². The number of benzene rings is 1. The van der Waals surface area contributed by atoms with E-state index in [0.29, 0.717) is 23.7 Å². The Labute approximate surface area is 224 Å². The number of methoxy groups -OCH3 is 1. The van der Waals surface area contributed by atoms with Gasteiger partial charge in [-0.05, 0) is 49.8 Å². The Bertz CT molecular complexity index is 1220. The van der Waals surface area contributed by atoms with Crippen molar-refractivity contribution in [2.45, 2.75) is 51.3 Å². The number of aromatic amines is 1. The first-order chi connectivity index (χ1) is 18.4. The van der Waals surface area contributed by atoms with Crippen LogP contribution in [0.25, 0.3) is 22.0 Å². The van der Waals surface area contributed by atoms with Gasteiger partial charge in [0.05, 0.1) is 13.2 Å². The smallest absolute Gasteiger partial charge is 0.414 e. The van der Waals surface area contributed by atoms with E-state index in [-0.39, 0.29) is 12.1 Å². The summed E-state index contributed by atoms with van der Waals surface area (Å²) in [6.07, 6.45) is 3.83. The van der Waals surface area contributed by atoms with Crippen molar-refractivity contribution in [1.82, 2.24) is 25.1 Å². The Morgan fingerprint density at radius 2 is 2.03 bits per heavy atom. The van der Waals surface area contributed by atoms with E-state index in [1.54, 1.807) is 13.3 Å². The van der Waals surface area contributed by atoms with Crippen molar-refractivity contribution < 1.29 is 19.4 Å². The highest BCUT2D eigenvalue weighted by atomic mass is 16.6. The number of rotatable bonds is 7. The average Bonchev–Trinajstić information content (AvgIpc) is 3.33. The van der Waals surface area contributed by atoms with Crippen LogP contribution in [0, 0.1) is 5.92 Å². The molecule has 0 radical (unpaired) electrons. The van der Waals surface area contributed by atoms with Crippen LogP contribution in [0.1, 0.15) is 33.1 Å². The van der Waals surface area contributed by atoms with Crippen LogP contribution in [-0.4, -0.2) is 89.0 Å². The highest BCUT2D eigenvalue weighted by Gasteiger charge is 2.29. The number of ether oxygens (including phenoxy) is 2. The summed E-state index contributed by atoms with van der Waals surface area (Å²) in [6, 6.07) is 12.2. The molecule has 2 aliphatic heterocycles. The van der Waals surface area contributed by atoms with Crippen molar-refractivity contribution in [3.05, 3.63) is 42.6 Å². The molecule has 1 aromatic carbocycles. The van der Waals surface area contributed by atoms with Gasteiger partial charge in [-0.1, -0.05) is 19.1 Å². The molecule has 0 saturated carbocycles. The van der Waals surface area contributed by atoms with E-state index in [2.05, 4.69) is 38.9 Å². The van der Waals surface area contributed by atoms with Gasteiger partial charge in [-0.2, -0.15) is 0 Å². The van der Waals surface area contributed by atoms with Gasteiger partial charge in [0.15, 0.2) is 0 Å². The molecular formula is C29H39N5O4. The van der Waals surface area contributed by atoms with Crippen molar-refractivity contribution in [3.63, 3.8) is 0 Å². The first-order valence-corrected chi connectivity index (χ1v) is 13.6. The van der Waals surface area contributed by atoms with E-state index < -0.39 is 6.09 Å². The van der Waals surface area contributed by atoms with Crippen molar-refractivity contribution in [1.29, 1.82) is 0 Å². The first-order valence-electron chi connectivity index (χ1n) is 13.6. The van der Waals surface area contributed by atoms with Crippen LogP contribution in [0.15, 0.2) is 42.6 Å². The lowest BCUT2D eigenvalue weighted by Crippen LogP contribution is -2.52. The number of nitrogens with one attached hydrogen (secondary N) is 2. The molecule has 1 amide bonds. The van der Waals surface area contributed by atoms with E-state index in [4.69, 9.17) is 9.47 Å². The molecule has 5 rings (SSSR count). The molecule has 2 aliphatic rings. The third-order valence-electron chi connectivity index (χ3n) is 8.05. The number of hydrogen-bond acceptors (Lipinski definition) is 7. The van der Waals surface area contributed by atoms with Gasteiger partial charge in [-0.3, -0.25) is 4.90 Å². The second kappa shape index (κ2) is 11.7. The molecule has 3 N–H and O–H groups in total. The molecule has 9 heteroatoms.